The van der Waals surface area contributed by atoms with Crippen molar-refractivity contribution in [3.05, 3.63) is 41.5 Å². The van der Waals surface area contributed by atoms with Crippen molar-refractivity contribution in [2.45, 2.75) is 52.2 Å². The number of nitrogens with zero attached hydrogens (tertiary/aromatic N) is 2. The van der Waals surface area contributed by atoms with E-state index in [1.54, 1.807) is 34.8 Å². The summed E-state index contributed by atoms with van der Waals surface area (Å²) in [4.78, 5) is 28.2. The van der Waals surface area contributed by atoms with Gasteiger partial charge in [0.1, 0.15) is 17.8 Å². The Labute approximate surface area is 169 Å². The van der Waals surface area contributed by atoms with E-state index < -0.39 is 23.7 Å². The van der Waals surface area contributed by atoms with Gasteiger partial charge in [0.15, 0.2) is 5.82 Å². The maximum absolute atomic E-state index is 12.3. The highest BCUT2D eigenvalue weighted by Gasteiger charge is 2.25. The molecule has 0 aliphatic heterocycles. The van der Waals surface area contributed by atoms with Crippen molar-refractivity contribution in [1.29, 1.82) is 0 Å². The number of hydrogen-bond acceptors (Lipinski definition) is 8. The minimum atomic E-state index is -0.652. The lowest BCUT2D eigenvalue weighted by Gasteiger charge is -2.22. The predicted molar refractivity (Wildman–Crippen MR) is 103 cm³/mol. The molecule has 29 heavy (non-hydrogen) atoms. The van der Waals surface area contributed by atoms with Gasteiger partial charge >= 0.3 is 12.1 Å². The van der Waals surface area contributed by atoms with E-state index in [-0.39, 0.29) is 24.7 Å². The monoisotopic (exact) mass is 405 g/mol. The van der Waals surface area contributed by atoms with Crippen LogP contribution in [-0.4, -0.2) is 41.5 Å². The standard InChI is InChI=1S/C20H27N3O6/c1-6-27-17(24)12-16-22-18(23-29-16)15(21-19(25)28-20(2,3)4)11-13-7-9-14(26-5)10-8-13/h7-10,15H,6,11-12H2,1-5H3,(H,21,25). The van der Waals surface area contributed by atoms with Gasteiger partial charge in [-0.25, -0.2) is 4.79 Å². The van der Waals surface area contributed by atoms with E-state index in [2.05, 4.69) is 15.5 Å². The SMILES string of the molecule is CCOC(=O)Cc1nc(C(Cc2ccc(OC)cc2)NC(=O)OC(C)(C)C)no1. The molecule has 1 N–H and O–H groups in total. The number of amides is 1. The Hall–Kier alpha value is -3.10. The van der Waals surface area contributed by atoms with Crippen LogP contribution in [-0.2, 0) is 27.1 Å². The Morgan fingerprint density at radius 3 is 2.48 bits per heavy atom. The van der Waals surface area contributed by atoms with Gasteiger partial charge in [-0.05, 0) is 45.4 Å². The first-order valence-electron chi connectivity index (χ1n) is 9.30. The van der Waals surface area contributed by atoms with Gasteiger partial charge in [0, 0.05) is 6.42 Å². The quantitative estimate of drug-likeness (QED) is 0.667. The highest BCUT2D eigenvalue weighted by molar-refractivity contribution is 5.71. The molecule has 9 nitrogen and oxygen atoms in total. The van der Waals surface area contributed by atoms with Gasteiger partial charge in [-0.1, -0.05) is 17.3 Å². The Morgan fingerprint density at radius 2 is 1.90 bits per heavy atom. The summed E-state index contributed by atoms with van der Waals surface area (Å²) in [6.07, 6.45) is -0.350. The second-order valence-corrected chi connectivity index (χ2v) is 7.28. The zero-order chi connectivity index (χ0) is 21.4. The molecule has 0 spiro atoms. The summed E-state index contributed by atoms with van der Waals surface area (Å²) in [7, 11) is 1.59. The van der Waals surface area contributed by atoms with E-state index in [0.29, 0.717) is 6.42 Å². The van der Waals surface area contributed by atoms with Crippen LogP contribution in [0.25, 0.3) is 0 Å². The third-order valence-electron chi connectivity index (χ3n) is 3.69. The molecule has 0 radical (unpaired) electrons. The second kappa shape index (κ2) is 9.90. The molecule has 1 heterocycles. The number of aromatic nitrogens is 2. The number of methoxy groups -OCH3 is 1. The van der Waals surface area contributed by atoms with Crippen molar-refractivity contribution in [2.75, 3.05) is 13.7 Å². The highest BCUT2D eigenvalue weighted by atomic mass is 16.6. The van der Waals surface area contributed by atoms with Crippen LogP contribution in [0.3, 0.4) is 0 Å². The van der Waals surface area contributed by atoms with E-state index in [0.717, 1.165) is 11.3 Å². The maximum Gasteiger partial charge on any atom is 0.408 e. The van der Waals surface area contributed by atoms with E-state index in [1.807, 2.05) is 24.3 Å². The van der Waals surface area contributed by atoms with Gasteiger partial charge in [-0.15, -0.1) is 0 Å². The highest BCUT2D eigenvalue weighted by Crippen LogP contribution is 2.20. The van der Waals surface area contributed by atoms with Crippen molar-refractivity contribution in [3.63, 3.8) is 0 Å². The summed E-state index contributed by atoms with van der Waals surface area (Å²) < 4.78 is 20.5. The minimum absolute atomic E-state index is 0.115. The van der Waals surface area contributed by atoms with E-state index >= 15 is 0 Å². The molecule has 2 rings (SSSR count). The lowest BCUT2D eigenvalue weighted by molar-refractivity contribution is -0.142. The van der Waals surface area contributed by atoms with Gasteiger partial charge in [-0.2, -0.15) is 4.98 Å². The molecule has 0 saturated heterocycles. The number of alkyl carbamates (subject to hydrolysis) is 1. The van der Waals surface area contributed by atoms with Crippen LogP contribution in [0.2, 0.25) is 0 Å². The molecule has 1 aromatic carbocycles. The Balaban J connectivity index is 2.18. The van der Waals surface area contributed by atoms with Crippen molar-refractivity contribution in [3.8, 4) is 5.75 Å². The first-order valence-corrected chi connectivity index (χ1v) is 9.30. The number of rotatable bonds is 8. The smallest absolute Gasteiger partial charge is 0.408 e. The lowest BCUT2D eigenvalue weighted by Crippen LogP contribution is -2.36. The van der Waals surface area contributed by atoms with Crippen molar-refractivity contribution < 1.29 is 28.3 Å². The molecular formula is C20H27N3O6. The van der Waals surface area contributed by atoms with Crippen LogP contribution < -0.4 is 10.1 Å². The predicted octanol–water partition coefficient (Wildman–Crippen LogP) is 2.99. The van der Waals surface area contributed by atoms with Gasteiger partial charge in [0.25, 0.3) is 0 Å². The molecular weight excluding hydrogens is 378 g/mol. The summed E-state index contributed by atoms with van der Waals surface area (Å²) in [5, 5.41) is 6.69. The first-order chi connectivity index (χ1) is 13.7. The first kappa shape index (κ1) is 22.2. The maximum atomic E-state index is 12.3. The summed E-state index contributed by atoms with van der Waals surface area (Å²) in [5.41, 5.74) is 0.268. The molecule has 1 atom stereocenters. The third kappa shape index (κ3) is 7.44. The van der Waals surface area contributed by atoms with E-state index in [9.17, 15) is 9.59 Å². The molecule has 0 aliphatic rings. The van der Waals surface area contributed by atoms with E-state index in [1.165, 1.54) is 0 Å². The van der Waals surface area contributed by atoms with Crippen molar-refractivity contribution in [2.24, 2.45) is 0 Å². The average molecular weight is 405 g/mol. The summed E-state index contributed by atoms with van der Waals surface area (Å²) in [5.74, 6) is 0.617. The fourth-order valence-corrected chi connectivity index (χ4v) is 2.47. The van der Waals surface area contributed by atoms with Gasteiger partial charge in [-0.3, -0.25) is 4.79 Å². The normalized spacial score (nSPS) is 12.2. The lowest BCUT2D eigenvalue weighted by atomic mass is 10.1. The van der Waals surface area contributed by atoms with Gasteiger partial charge in [0.05, 0.1) is 19.8 Å². The molecule has 0 fully saturated rings. The molecule has 9 heteroatoms. The van der Waals surface area contributed by atoms with Crippen LogP contribution in [0.15, 0.2) is 28.8 Å². The van der Waals surface area contributed by atoms with Crippen LogP contribution in [0.5, 0.6) is 5.75 Å². The van der Waals surface area contributed by atoms with E-state index in [4.69, 9.17) is 18.7 Å². The number of ether oxygens (including phenoxy) is 3. The number of carbonyl (C=O) groups excluding carboxylic acids is 2. The number of hydrogen-bond donors (Lipinski definition) is 1. The van der Waals surface area contributed by atoms with Crippen molar-refractivity contribution in [1.82, 2.24) is 15.5 Å². The molecule has 0 aliphatic carbocycles. The van der Waals surface area contributed by atoms with Gasteiger partial charge in [0.2, 0.25) is 5.89 Å². The largest absolute Gasteiger partial charge is 0.497 e. The number of benzene rings is 1. The number of esters is 1. The van der Waals surface area contributed by atoms with Crippen LogP contribution in [0.1, 0.15) is 51.0 Å². The number of nitrogens with one attached hydrogen (secondary N) is 1. The number of carbonyl (C=O) groups is 2. The third-order valence-corrected chi connectivity index (χ3v) is 3.69. The Morgan fingerprint density at radius 1 is 1.21 bits per heavy atom. The molecule has 1 aromatic heterocycles. The van der Waals surface area contributed by atoms with Crippen molar-refractivity contribution >= 4 is 12.1 Å². The average Bonchev–Trinajstić information content (AvgIpc) is 3.08. The molecule has 2 aromatic rings. The fraction of sp³-hybridized carbons (Fsp3) is 0.500. The zero-order valence-corrected chi connectivity index (χ0v) is 17.4. The summed E-state index contributed by atoms with van der Waals surface area (Å²) in [6.45, 7) is 7.30. The molecule has 1 unspecified atom stereocenters. The van der Waals surface area contributed by atoms with Gasteiger partial charge < -0.3 is 24.1 Å². The second-order valence-electron chi connectivity index (χ2n) is 7.28. The molecule has 158 valence electrons. The molecule has 1 amide bonds. The summed E-state index contributed by atoms with van der Waals surface area (Å²) in [6, 6.07) is 6.78. The van der Waals surface area contributed by atoms with Crippen LogP contribution in [0.4, 0.5) is 4.79 Å². The minimum Gasteiger partial charge on any atom is -0.497 e. The zero-order valence-electron chi connectivity index (χ0n) is 17.4. The Kier molecular flexibility index (Phi) is 7.58. The molecule has 0 bridgehead atoms. The molecule has 0 saturated carbocycles. The van der Waals surface area contributed by atoms with Crippen LogP contribution in [0, 0.1) is 0 Å². The van der Waals surface area contributed by atoms with Crippen LogP contribution >= 0.6 is 0 Å². The summed E-state index contributed by atoms with van der Waals surface area (Å²) >= 11 is 0. The fourth-order valence-electron chi connectivity index (χ4n) is 2.47. The Bertz CT molecular complexity index is 810. The topological polar surface area (TPSA) is 113 Å².